The molecule has 0 amide bonds. The number of hydrogen-bond donors (Lipinski definition) is 0. The Bertz CT molecular complexity index is 224. The molecule has 0 aliphatic rings. The van der Waals surface area contributed by atoms with Crippen molar-refractivity contribution in [3.05, 3.63) is 18.0 Å². The van der Waals surface area contributed by atoms with Gasteiger partial charge in [0.15, 0.2) is 0 Å². The molecule has 0 unspecified atom stereocenters. The van der Waals surface area contributed by atoms with Crippen molar-refractivity contribution < 1.29 is 9.53 Å². The molecule has 0 N–H and O–H groups in total. The van der Waals surface area contributed by atoms with Gasteiger partial charge in [0.1, 0.15) is 11.8 Å². The van der Waals surface area contributed by atoms with Crippen LogP contribution in [0.1, 0.15) is 10.4 Å². The van der Waals surface area contributed by atoms with Gasteiger partial charge in [0.2, 0.25) is 0 Å². The third-order valence-corrected chi connectivity index (χ3v) is 0.859. The molecule has 5 nitrogen and oxygen atoms in total. The zero-order valence-electron chi connectivity index (χ0n) is 5.24. The van der Waals surface area contributed by atoms with Gasteiger partial charge in [-0.25, -0.2) is 4.79 Å². The van der Waals surface area contributed by atoms with Gasteiger partial charge >= 0.3 is 5.97 Å². The molecular formula is C5H4N3O2. The summed E-state index contributed by atoms with van der Waals surface area (Å²) in [5, 5.41) is 9.83. The molecule has 0 spiro atoms. The standard InChI is InChI=1S/C5H4N3O2/c1-10-5(9)4-2-6-8-7-3-4/h2H,1H3. The fraction of sp³-hybridized carbons (Fsp3) is 0.200. The number of carbonyl (C=O) groups excluding carboxylic acids is 1. The van der Waals surface area contributed by atoms with Gasteiger partial charge < -0.3 is 4.74 Å². The molecule has 5 heteroatoms. The average Bonchev–Trinajstić information content (AvgIpc) is 2.05. The number of rotatable bonds is 1. The minimum absolute atomic E-state index is 0.178. The molecular weight excluding hydrogens is 134 g/mol. The predicted octanol–water partition coefficient (Wildman–Crippen LogP) is -0.542. The molecule has 0 fully saturated rings. The lowest BCUT2D eigenvalue weighted by molar-refractivity contribution is 0.0599. The van der Waals surface area contributed by atoms with Crippen molar-refractivity contribution in [3.63, 3.8) is 0 Å². The summed E-state index contributed by atoms with van der Waals surface area (Å²) >= 11 is 0. The molecule has 0 saturated heterocycles. The van der Waals surface area contributed by atoms with Crippen LogP contribution < -0.4 is 0 Å². The van der Waals surface area contributed by atoms with E-state index in [-0.39, 0.29) is 5.56 Å². The summed E-state index contributed by atoms with van der Waals surface area (Å²) in [5.74, 6) is -0.512. The van der Waals surface area contributed by atoms with E-state index in [4.69, 9.17) is 0 Å². The Labute approximate surface area is 57.0 Å². The Morgan fingerprint density at radius 2 is 2.60 bits per heavy atom. The van der Waals surface area contributed by atoms with Gasteiger partial charge in [-0.05, 0) is 5.21 Å². The zero-order valence-corrected chi connectivity index (χ0v) is 5.24. The average molecular weight is 138 g/mol. The summed E-state index contributed by atoms with van der Waals surface area (Å²) in [7, 11) is 1.27. The Balaban J connectivity index is 2.85. The second kappa shape index (κ2) is 2.86. The lowest BCUT2D eigenvalue weighted by atomic mass is 10.4. The lowest BCUT2D eigenvalue weighted by Crippen LogP contribution is -2.03. The summed E-state index contributed by atoms with van der Waals surface area (Å²) in [4.78, 5) is 10.7. The first-order chi connectivity index (χ1) is 4.84. The van der Waals surface area contributed by atoms with E-state index in [0.717, 1.165) is 0 Å². The van der Waals surface area contributed by atoms with Crippen LogP contribution in [0.3, 0.4) is 0 Å². The monoisotopic (exact) mass is 138 g/mol. The van der Waals surface area contributed by atoms with Crippen molar-refractivity contribution in [1.29, 1.82) is 0 Å². The van der Waals surface area contributed by atoms with Crippen molar-refractivity contribution >= 4 is 5.97 Å². The number of carbonyl (C=O) groups is 1. The van der Waals surface area contributed by atoms with E-state index in [9.17, 15) is 4.79 Å². The number of nitrogens with zero attached hydrogens (tertiary/aromatic N) is 3. The van der Waals surface area contributed by atoms with Gasteiger partial charge in [-0.3, -0.25) is 0 Å². The van der Waals surface area contributed by atoms with E-state index in [1.54, 1.807) is 0 Å². The second-order valence-corrected chi connectivity index (χ2v) is 1.45. The van der Waals surface area contributed by atoms with E-state index in [1.807, 2.05) is 0 Å². The third kappa shape index (κ3) is 1.25. The smallest absolute Gasteiger partial charge is 0.341 e. The SMILES string of the molecule is COC(=O)c1[c]nnnc1. The summed E-state index contributed by atoms with van der Waals surface area (Å²) in [5.41, 5.74) is 0.178. The van der Waals surface area contributed by atoms with E-state index >= 15 is 0 Å². The van der Waals surface area contributed by atoms with E-state index in [2.05, 4.69) is 26.3 Å². The lowest BCUT2D eigenvalue weighted by Gasteiger charge is -1.92. The largest absolute Gasteiger partial charge is 0.465 e. The highest BCUT2D eigenvalue weighted by Crippen LogP contribution is 1.91. The summed E-state index contributed by atoms with van der Waals surface area (Å²) in [6.45, 7) is 0. The Morgan fingerprint density at radius 3 is 3.10 bits per heavy atom. The molecule has 0 aliphatic carbocycles. The van der Waals surface area contributed by atoms with Crippen molar-refractivity contribution in [3.8, 4) is 0 Å². The molecule has 1 rings (SSSR count). The first-order valence-corrected chi connectivity index (χ1v) is 2.49. The number of hydrogen-bond acceptors (Lipinski definition) is 5. The molecule has 0 aliphatic heterocycles. The van der Waals surface area contributed by atoms with Gasteiger partial charge in [0, 0.05) is 0 Å². The quantitative estimate of drug-likeness (QED) is 0.487. The van der Waals surface area contributed by atoms with Crippen molar-refractivity contribution in [2.45, 2.75) is 0 Å². The van der Waals surface area contributed by atoms with Gasteiger partial charge in [-0.15, -0.1) is 10.2 Å². The highest BCUT2D eigenvalue weighted by Gasteiger charge is 2.04. The van der Waals surface area contributed by atoms with Crippen LogP contribution in [0, 0.1) is 6.20 Å². The van der Waals surface area contributed by atoms with E-state index in [0.29, 0.717) is 0 Å². The van der Waals surface area contributed by atoms with Crippen LogP contribution >= 0.6 is 0 Å². The van der Waals surface area contributed by atoms with Gasteiger partial charge in [0.25, 0.3) is 0 Å². The highest BCUT2D eigenvalue weighted by molar-refractivity contribution is 5.88. The Kier molecular flexibility index (Phi) is 1.89. The predicted molar refractivity (Wildman–Crippen MR) is 30.0 cm³/mol. The maximum Gasteiger partial charge on any atom is 0.341 e. The first kappa shape index (κ1) is 6.60. The summed E-state index contributed by atoms with van der Waals surface area (Å²) < 4.78 is 4.36. The van der Waals surface area contributed by atoms with Crippen LogP contribution in [-0.4, -0.2) is 28.5 Å². The fourth-order valence-corrected chi connectivity index (χ4v) is 0.423. The minimum Gasteiger partial charge on any atom is -0.465 e. The molecule has 10 heavy (non-hydrogen) atoms. The molecule has 0 saturated carbocycles. The van der Waals surface area contributed by atoms with Crippen LogP contribution in [0.25, 0.3) is 0 Å². The van der Waals surface area contributed by atoms with Crippen LogP contribution in [-0.2, 0) is 4.74 Å². The molecule has 0 atom stereocenters. The van der Waals surface area contributed by atoms with Crippen LogP contribution in [0.2, 0.25) is 0 Å². The molecule has 1 aromatic heterocycles. The summed E-state index contributed by atoms with van der Waals surface area (Å²) in [6.07, 6.45) is 3.56. The maximum absolute atomic E-state index is 10.7. The van der Waals surface area contributed by atoms with Gasteiger partial charge in [-0.2, -0.15) is 0 Å². The number of ether oxygens (including phenoxy) is 1. The van der Waals surface area contributed by atoms with Crippen LogP contribution in [0.4, 0.5) is 0 Å². The number of methoxy groups -OCH3 is 1. The topological polar surface area (TPSA) is 65.0 Å². The number of aromatic nitrogens is 3. The Morgan fingerprint density at radius 1 is 1.80 bits per heavy atom. The third-order valence-electron chi connectivity index (χ3n) is 0.859. The van der Waals surface area contributed by atoms with Crippen molar-refractivity contribution in [2.24, 2.45) is 0 Å². The second-order valence-electron chi connectivity index (χ2n) is 1.45. The van der Waals surface area contributed by atoms with Crippen LogP contribution in [0.15, 0.2) is 6.20 Å². The molecule has 0 bridgehead atoms. The summed E-state index contributed by atoms with van der Waals surface area (Å²) in [6, 6.07) is 0. The van der Waals surface area contributed by atoms with Crippen LogP contribution in [0.5, 0.6) is 0 Å². The van der Waals surface area contributed by atoms with E-state index in [1.165, 1.54) is 13.3 Å². The van der Waals surface area contributed by atoms with Gasteiger partial charge in [0.05, 0.1) is 13.3 Å². The fourth-order valence-electron chi connectivity index (χ4n) is 0.423. The number of esters is 1. The van der Waals surface area contributed by atoms with Gasteiger partial charge in [-0.1, -0.05) is 0 Å². The molecule has 51 valence electrons. The normalized spacial score (nSPS) is 8.90. The highest BCUT2D eigenvalue weighted by atomic mass is 16.5. The molecule has 1 radical (unpaired) electrons. The van der Waals surface area contributed by atoms with E-state index < -0.39 is 5.97 Å². The molecule has 0 aromatic carbocycles. The minimum atomic E-state index is -0.512. The molecule has 1 aromatic rings. The van der Waals surface area contributed by atoms with Crippen molar-refractivity contribution in [1.82, 2.24) is 15.4 Å². The molecule has 1 heterocycles. The Hall–Kier alpha value is -1.52. The zero-order chi connectivity index (χ0) is 7.40. The first-order valence-electron chi connectivity index (χ1n) is 2.49. The van der Waals surface area contributed by atoms with Crippen molar-refractivity contribution in [2.75, 3.05) is 7.11 Å². The maximum atomic E-state index is 10.7.